The summed E-state index contributed by atoms with van der Waals surface area (Å²) < 4.78 is 0. The Morgan fingerprint density at radius 2 is 2.14 bits per heavy atom. The first-order chi connectivity index (χ1) is 10.1. The molecule has 116 valence electrons. The van der Waals surface area contributed by atoms with Crippen LogP contribution >= 0.6 is 0 Å². The van der Waals surface area contributed by atoms with E-state index in [1.165, 1.54) is 12.8 Å². The van der Waals surface area contributed by atoms with E-state index in [4.69, 9.17) is 0 Å². The molecule has 1 atom stereocenters. The Bertz CT molecular complexity index is 460. The van der Waals surface area contributed by atoms with E-state index in [0.717, 1.165) is 25.6 Å². The first-order valence-corrected chi connectivity index (χ1v) is 7.56. The highest BCUT2D eigenvalue weighted by atomic mass is 16.1. The molecule has 2 rings (SSSR count). The highest BCUT2D eigenvalue weighted by Gasteiger charge is 2.18. The third-order valence-electron chi connectivity index (χ3n) is 3.68. The van der Waals surface area contributed by atoms with Gasteiger partial charge in [0.2, 0.25) is 5.95 Å². The summed E-state index contributed by atoms with van der Waals surface area (Å²) in [6.07, 6.45) is 5.68. The zero-order valence-electron chi connectivity index (χ0n) is 13.2. The summed E-state index contributed by atoms with van der Waals surface area (Å²) in [6, 6.07) is 0. The first-order valence-electron chi connectivity index (χ1n) is 7.56. The van der Waals surface area contributed by atoms with Gasteiger partial charge in [-0.3, -0.25) is 4.79 Å². The molecule has 2 heterocycles. The largest absolute Gasteiger partial charge is 0.351 e. The molecule has 0 aromatic carbocycles. The van der Waals surface area contributed by atoms with Crippen molar-refractivity contribution in [3.8, 4) is 0 Å². The molecule has 0 saturated carbocycles. The van der Waals surface area contributed by atoms with Crippen molar-refractivity contribution in [1.29, 1.82) is 0 Å². The van der Waals surface area contributed by atoms with E-state index in [-0.39, 0.29) is 5.91 Å². The highest BCUT2D eigenvalue weighted by molar-refractivity contribution is 5.93. The Morgan fingerprint density at radius 3 is 2.76 bits per heavy atom. The van der Waals surface area contributed by atoms with Crippen LogP contribution < -0.4 is 10.2 Å². The van der Waals surface area contributed by atoms with Gasteiger partial charge in [-0.25, -0.2) is 9.97 Å². The summed E-state index contributed by atoms with van der Waals surface area (Å²) in [5.74, 6) is 1.29. The van der Waals surface area contributed by atoms with E-state index in [9.17, 15) is 4.79 Å². The molecular weight excluding hydrogens is 266 g/mol. The number of carbonyl (C=O) groups is 1. The predicted octanol–water partition coefficient (Wildman–Crippen LogP) is 1.00. The molecule has 0 aliphatic carbocycles. The number of likely N-dealkylation sites (N-methyl/N-ethyl adjacent to an activating group) is 1. The molecule has 0 spiro atoms. The van der Waals surface area contributed by atoms with Crippen LogP contribution in [0.2, 0.25) is 0 Å². The van der Waals surface area contributed by atoms with E-state index in [1.54, 1.807) is 12.4 Å². The van der Waals surface area contributed by atoms with Crippen LogP contribution in [0.15, 0.2) is 12.4 Å². The molecule has 1 aliphatic rings. The highest BCUT2D eigenvalue weighted by Crippen LogP contribution is 2.19. The number of hydrogen-bond donors (Lipinski definition) is 1. The van der Waals surface area contributed by atoms with Crippen molar-refractivity contribution in [2.24, 2.45) is 5.92 Å². The maximum atomic E-state index is 11.9. The maximum Gasteiger partial charge on any atom is 0.254 e. The average Bonchev–Trinajstić information content (AvgIpc) is 2.47. The molecule has 1 saturated heterocycles. The van der Waals surface area contributed by atoms with Crippen LogP contribution in [-0.4, -0.2) is 61.0 Å². The normalized spacial score (nSPS) is 18.9. The summed E-state index contributed by atoms with van der Waals surface area (Å²) >= 11 is 0. The second-order valence-corrected chi connectivity index (χ2v) is 6.02. The zero-order valence-corrected chi connectivity index (χ0v) is 13.2. The van der Waals surface area contributed by atoms with Crippen molar-refractivity contribution in [3.63, 3.8) is 0 Å². The number of rotatable bonds is 5. The van der Waals surface area contributed by atoms with Gasteiger partial charge in [-0.15, -0.1) is 0 Å². The third kappa shape index (κ3) is 4.67. The minimum Gasteiger partial charge on any atom is -0.351 e. The summed E-state index contributed by atoms with van der Waals surface area (Å²) in [7, 11) is 3.95. The lowest BCUT2D eigenvalue weighted by molar-refractivity contribution is 0.0950. The Hall–Kier alpha value is -1.69. The fourth-order valence-corrected chi connectivity index (χ4v) is 2.47. The standard InChI is InChI=1S/C15H25N5O/c1-12-5-4-7-20(11-12)15-17-9-13(10-18-15)14(21)16-6-8-19(2)3/h9-10,12H,4-8,11H2,1-3H3,(H,16,21). The Morgan fingerprint density at radius 1 is 1.43 bits per heavy atom. The summed E-state index contributed by atoms with van der Waals surface area (Å²) in [6.45, 7) is 5.68. The molecule has 1 amide bonds. The molecule has 0 radical (unpaired) electrons. The number of anilines is 1. The van der Waals surface area contributed by atoms with E-state index in [2.05, 4.69) is 27.1 Å². The lowest BCUT2D eigenvalue weighted by atomic mass is 10.0. The van der Waals surface area contributed by atoms with Gasteiger partial charge in [-0.2, -0.15) is 0 Å². The van der Waals surface area contributed by atoms with E-state index >= 15 is 0 Å². The third-order valence-corrected chi connectivity index (χ3v) is 3.68. The molecule has 6 heteroatoms. The van der Waals surface area contributed by atoms with Crippen LogP contribution in [0.4, 0.5) is 5.95 Å². The molecule has 21 heavy (non-hydrogen) atoms. The van der Waals surface area contributed by atoms with Crippen LogP contribution in [0.1, 0.15) is 30.1 Å². The van der Waals surface area contributed by atoms with Gasteiger partial charge in [-0.1, -0.05) is 6.92 Å². The zero-order chi connectivity index (χ0) is 15.2. The summed E-state index contributed by atoms with van der Waals surface area (Å²) in [5.41, 5.74) is 0.516. The topological polar surface area (TPSA) is 61.4 Å². The number of nitrogens with one attached hydrogen (secondary N) is 1. The van der Waals surface area contributed by atoms with Crippen LogP contribution in [0.5, 0.6) is 0 Å². The van der Waals surface area contributed by atoms with Gasteiger partial charge < -0.3 is 15.1 Å². The number of nitrogens with zero attached hydrogens (tertiary/aromatic N) is 4. The Labute approximate surface area is 126 Å². The van der Waals surface area contributed by atoms with Crippen molar-refractivity contribution in [3.05, 3.63) is 18.0 Å². The fraction of sp³-hybridized carbons (Fsp3) is 0.667. The SMILES string of the molecule is CC1CCCN(c2ncc(C(=O)NCCN(C)C)cn2)C1. The number of amides is 1. The van der Waals surface area contributed by atoms with Gasteiger partial charge in [0.05, 0.1) is 5.56 Å². The van der Waals surface area contributed by atoms with Crippen molar-refractivity contribution >= 4 is 11.9 Å². The molecule has 1 fully saturated rings. The van der Waals surface area contributed by atoms with Crippen molar-refractivity contribution in [2.75, 3.05) is 45.2 Å². The second kappa shape index (κ2) is 7.36. The number of piperidine rings is 1. The molecule has 1 unspecified atom stereocenters. The molecule has 0 bridgehead atoms. The predicted molar refractivity (Wildman–Crippen MR) is 83.5 cm³/mol. The Balaban J connectivity index is 1.90. The van der Waals surface area contributed by atoms with Crippen molar-refractivity contribution in [2.45, 2.75) is 19.8 Å². The van der Waals surface area contributed by atoms with Crippen molar-refractivity contribution in [1.82, 2.24) is 20.2 Å². The quantitative estimate of drug-likeness (QED) is 0.877. The first kappa shape index (κ1) is 15.7. The van der Waals surface area contributed by atoms with E-state index in [1.807, 2.05) is 19.0 Å². The second-order valence-electron chi connectivity index (χ2n) is 6.02. The molecular formula is C15H25N5O. The van der Waals surface area contributed by atoms with Crippen LogP contribution in [0.25, 0.3) is 0 Å². The smallest absolute Gasteiger partial charge is 0.254 e. The lowest BCUT2D eigenvalue weighted by Crippen LogP contribution is -2.35. The molecule has 1 aliphatic heterocycles. The van der Waals surface area contributed by atoms with Gasteiger partial charge in [0.1, 0.15) is 0 Å². The summed E-state index contributed by atoms with van der Waals surface area (Å²) in [5, 5.41) is 2.86. The average molecular weight is 291 g/mol. The lowest BCUT2D eigenvalue weighted by Gasteiger charge is -2.30. The van der Waals surface area contributed by atoms with Crippen LogP contribution in [-0.2, 0) is 0 Å². The van der Waals surface area contributed by atoms with Gasteiger partial charge in [-0.05, 0) is 32.9 Å². The number of carbonyl (C=O) groups excluding carboxylic acids is 1. The van der Waals surface area contributed by atoms with Gasteiger partial charge in [0, 0.05) is 38.6 Å². The number of hydrogen-bond acceptors (Lipinski definition) is 5. The minimum atomic E-state index is -0.115. The molecule has 1 aromatic rings. The minimum absolute atomic E-state index is 0.115. The van der Waals surface area contributed by atoms with Crippen LogP contribution in [0, 0.1) is 5.92 Å². The van der Waals surface area contributed by atoms with Crippen LogP contribution in [0.3, 0.4) is 0 Å². The van der Waals surface area contributed by atoms with Gasteiger partial charge >= 0.3 is 0 Å². The van der Waals surface area contributed by atoms with E-state index in [0.29, 0.717) is 18.0 Å². The molecule has 1 aromatic heterocycles. The monoisotopic (exact) mass is 291 g/mol. The van der Waals surface area contributed by atoms with Gasteiger partial charge in [0.15, 0.2) is 0 Å². The molecule has 1 N–H and O–H groups in total. The maximum absolute atomic E-state index is 11.9. The van der Waals surface area contributed by atoms with Crippen molar-refractivity contribution < 1.29 is 4.79 Å². The fourth-order valence-electron chi connectivity index (χ4n) is 2.47. The van der Waals surface area contributed by atoms with E-state index < -0.39 is 0 Å². The Kier molecular flexibility index (Phi) is 5.50. The summed E-state index contributed by atoms with van der Waals surface area (Å²) in [4.78, 5) is 24.9. The van der Waals surface area contributed by atoms with Gasteiger partial charge in [0.25, 0.3) is 5.91 Å². The number of aromatic nitrogens is 2. The molecule has 6 nitrogen and oxygen atoms in total.